The lowest BCUT2D eigenvalue weighted by Crippen LogP contribution is -2.33. The first-order chi connectivity index (χ1) is 11.4. The first kappa shape index (κ1) is 17.6. The number of amides is 1. The summed E-state index contributed by atoms with van der Waals surface area (Å²) in [6.45, 7) is 6.09. The maximum absolute atomic E-state index is 11.6. The van der Waals surface area contributed by atoms with Gasteiger partial charge in [0.05, 0.1) is 0 Å². The van der Waals surface area contributed by atoms with E-state index in [2.05, 4.69) is 17.2 Å². The van der Waals surface area contributed by atoms with Gasteiger partial charge in [-0.3, -0.25) is 0 Å². The minimum atomic E-state index is -0.469. The van der Waals surface area contributed by atoms with Crippen molar-refractivity contribution < 1.29 is 9.53 Å². The molecule has 0 heterocycles. The van der Waals surface area contributed by atoms with Crippen molar-refractivity contribution in [1.82, 2.24) is 5.32 Å². The second kappa shape index (κ2) is 8.21. The largest absolute Gasteiger partial charge is 0.444 e. The van der Waals surface area contributed by atoms with Gasteiger partial charge in [0.25, 0.3) is 0 Å². The third kappa shape index (κ3) is 6.58. The summed E-state index contributed by atoms with van der Waals surface area (Å²) in [6, 6.07) is 18.0. The van der Waals surface area contributed by atoms with Gasteiger partial charge in [0.15, 0.2) is 0 Å². The van der Waals surface area contributed by atoms with Crippen LogP contribution in [0.25, 0.3) is 0 Å². The van der Waals surface area contributed by atoms with Crippen LogP contribution in [0.2, 0.25) is 0 Å². The van der Waals surface area contributed by atoms with Crippen LogP contribution < -0.4 is 5.32 Å². The molecule has 3 heteroatoms. The molecule has 0 unspecified atom stereocenters. The molecule has 1 N–H and O–H groups in total. The highest BCUT2D eigenvalue weighted by Gasteiger charge is 2.15. The Balaban J connectivity index is 1.82. The predicted molar refractivity (Wildman–Crippen MR) is 96.8 cm³/mol. The number of ether oxygens (including phenoxy) is 1. The van der Waals surface area contributed by atoms with Crippen molar-refractivity contribution in [3.63, 3.8) is 0 Å². The van der Waals surface area contributed by atoms with E-state index in [-0.39, 0.29) is 6.09 Å². The third-order valence-corrected chi connectivity index (χ3v) is 3.16. The van der Waals surface area contributed by atoms with E-state index in [0.29, 0.717) is 6.54 Å². The molecule has 0 atom stereocenters. The average molecular weight is 321 g/mol. The first-order valence-corrected chi connectivity index (χ1v) is 8.05. The molecule has 3 nitrogen and oxygen atoms in total. The van der Waals surface area contributed by atoms with Crippen molar-refractivity contribution in [2.45, 2.75) is 32.8 Å². The van der Waals surface area contributed by atoms with E-state index in [4.69, 9.17) is 4.74 Å². The van der Waals surface area contributed by atoms with Gasteiger partial charge in [-0.2, -0.15) is 0 Å². The van der Waals surface area contributed by atoms with Gasteiger partial charge in [0.2, 0.25) is 0 Å². The molecule has 2 rings (SSSR count). The molecule has 2 aromatic carbocycles. The maximum Gasteiger partial charge on any atom is 0.407 e. The van der Waals surface area contributed by atoms with Crippen LogP contribution in [0.5, 0.6) is 0 Å². The van der Waals surface area contributed by atoms with E-state index in [1.54, 1.807) is 0 Å². The lowest BCUT2D eigenvalue weighted by atomic mass is 10.1. The maximum atomic E-state index is 11.6. The number of hydrogen-bond donors (Lipinski definition) is 1. The molecule has 0 radical (unpaired) electrons. The van der Waals surface area contributed by atoms with Gasteiger partial charge in [0, 0.05) is 17.7 Å². The molecule has 0 aromatic heterocycles. The van der Waals surface area contributed by atoms with Crippen LogP contribution in [0.3, 0.4) is 0 Å². The van der Waals surface area contributed by atoms with Gasteiger partial charge >= 0.3 is 6.09 Å². The van der Waals surface area contributed by atoms with Gasteiger partial charge in [-0.15, -0.1) is 0 Å². The van der Waals surface area contributed by atoms with E-state index in [9.17, 15) is 4.79 Å². The summed E-state index contributed by atoms with van der Waals surface area (Å²) in [5.74, 6) is 6.29. The number of nitrogens with one attached hydrogen (secondary N) is 1. The summed E-state index contributed by atoms with van der Waals surface area (Å²) in [4.78, 5) is 11.6. The van der Waals surface area contributed by atoms with Crippen LogP contribution in [0, 0.1) is 11.8 Å². The van der Waals surface area contributed by atoms with Gasteiger partial charge in [0.1, 0.15) is 5.60 Å². The smallest absolute Gasteiger partial charge is 0.407 e. The van der Waals surface area contributed by atoms with Gasteiger partial charge < -0.3 is 10.1 Å². The van der Waals surface area contributed by atoms with Gasteiger partial charge in [-0.05, 0) is 57.0 Å². The zero-order chi connectivity index (χ0) is 17.4. The zero-order valence-corrected chi connectivity index (χ0v) is 14.4. The van der Waals surface area contributed by atoms with Crippen molar-refractivity contribution in [2.24, 2.45) is 0 Å². The Morgan fingerprint density at radius 2 is 1.54 bits per heavy atom. The van der Waals surface area contributed by atoms with Crippen LogP contribution in [0.1, 0.15) is 37.5 Å². The van der Waals surface area contributed by atoms with E-state index in [1.165, 1.54) is 0 Å². The molecule has 0 saturated carbocycles. The Morgan fingerprint density at radius 3 is 2.12 bits per heavy atom. The summed E-state index contributed by atoms with van der Waals surface area (Å²) in [6.07, 6.45) is 0.374. The molecule has 0 bridgehead atoms. The molecule has 124 valence electrons. The van der Waals surface area contributed by atoms with Gasteiger partial charge in [-0.1, -0.05) is 42.2 Å². The minimum absolute atomic E-state index is 0.382. The van der Waals surface area contributed by atoms with Crippen LogP contribution in [0.4, 0.5) is 4.79 Å². The summed E-state index contributed by atoms with van der Waals surface area (Å²) < 4.78 is 5.20. The number of benzene rings is 2. The fraction of sp³-hybridized carbons (Fsp3) is 0.286. The Bertz CT molecular complexity index is 716. The molecule has 24 heavy (non-hydrogen) atoms. The quantitative estimate of drug-likeness (QED) is 0.862. The molecule has 0 saturated heterocycles. The van der Waals surface area contributed by atoms with E-state index >= 15 is 0 Å². The highest BCUT2D eigenvalue weighted by Crippen LogP contribution is 2.07. The van der Waals surface area contributed by atoms with Crippen LogP contribution in [0.15, 0.2) is 54.6 Å². The summed E-state index contributed by atoms with van der Waals surface area (Å²) in [7, 11) is 0. The summed E-state index contributed by atoms with van der Waals surface area (Å²) in [5.41, 5.74) is 2.66. The standard InChI is InChI=1S/C21H23NO2/c1-21(2,3)24-20(23)22-16-15-19-13-11-18(12-14-19)10-9-17-7-5-4-6-8-17/h4-8,11-14H,15-16H2,1-3H3,(H,22,23). The van der Waals surface area contributed by atoms with E-state index in [0.717, 1.165) is 23.1 Å². The van der Waals surface area contributed by atoms with Crippen LogP contribution in [-0.2, 0) is 11.2 Å². The van der Waals surface area contributed by atoms with Crippen molar-refractivity contribution in [1.29, 1.82) is 0 Å². The molecular formula is C21H23NO2. The Kier molecular flexibility index (Phi) is 6.03. The Morgan fingerprint density at radius 1 is 0.958 bits per heavy atom. The van der Waals surface area contributed by atoms with E-state index in [1.807, 2.05) is 75.4 Å². The molecule has 0 fully saturated rings. The monoisotopic (exact) mass is 321 g/mol. The summed E-state index contributed by atoms with van der Waals surface area (Å²) in [5, 5.41) is 2.76. The zero-order valence-electron chi connectivity index (χ0n) is 14.4. The molecule has 2 aromatic rings. The molecule has 0 spiro atoms. The fourth-order valence-electron chi connectivity index (χ4n) is 2.04. The molecule has 0 aliphatic rings. The highest BCUT2D eigenvalue weighted by molar-refractivity contribution is 5.67. The number of hydrogen-bond acceptors (Lipinski definition) is 2. The average Bonchev–Trinajstić information content (AvgIpc) is 2.53. The molecule has 0 aliphatic carbocycles. The Hall–Kier alpha value is -2.73. The molecule has 1 amide bonds. The predicted octanol–water partition coefficient (Wildman–Crippen LogP) is 4.15. The number of rotatable bonds is 3. The third-order valence-electron chi connectivity index (χ3n) is 3.16. The van der Waals surface area contributed by atoms with Crippen molar-refractivity contribution in [3.8, 4) is 11.8 Å². The lowest BCUT2D eigenvalue weighted by molar-refractivity contribution is 0.0528. The number of carbonyl (C=O) groups is 1. The van der Waals surface area contributed by atoms with Crippen molar-refractivity contribution >= 4 is 6.09 Å². The Labute approximate surface area is 144 Å². The minimum Gasteiger partial charge on any atom is -0.444 e. The second-order valence-corrected chi connectivity index (χ2v) is 6.49. The molecular weight excluding hydrogens is 298 g/mol. The number of carbonyl (C=O) groups excluding carboxylic acids is 1. The molecule has 0 aliphatic heterocycles. The summed E-state index contributed by atoms with van der Waals surface area (Å²) >= 11 is 0. The first-order valence-electron chi connectivity index (χ1n) is 8.05. The second-order valence-electron chi connectivity index (χ2n) is 6.49. The highest BCUT2D eigenvalue weighted by atomic mass is 16.6. The SMILES string of the molecule is CC(C)(C)OC(=O)NCCc1ccc(C#Cc2ccccc2)cc1. The van der Waals surface area contributed by atoms with E-state index < -0.39 is 5.60 Å². The van der Waals surface area contributed by atoms with Gasteiger partial charge in [-0.25, -0.2) is 4.79 Å². The topological polar surface area (TPSA) is 38.3 Å². The van der Waals surface area contributed by atoms with Crippen molar-refractivity contribution in [2.75, 3.05) is 6.54 Å². The van der Waals surface area contributed by atoms with Crippen LogP contribution in [-0.4, -0.2) is 18.2 Å². The van der Waals surface area contributed by atoms with Crippen molar-refractivity contribution in [3.05, 3.63) is 71.3 Å². The lowest BCUT2D eigenvalue weighted by Gasteiger charge is -2.19. The normalized spacial score (nSPS) is 10.5. The van der Waals surface area contributed by atoms with Crippen LogP contribution >= 0.6 is 0 Å². The fourth-order valence-corrected chi connectivity index (χ4v) is 2.04. The number of alkyl carbamates (subject to hydrolysis) is 1.